The molecule has 0 atom stereocenters. The highest BCUT2D eigenvalue weighted by molar-refractivity contribution is 5.47. The summed E-state index contributed by atoms with van der Waals surface area (Å²) in [7, 11) is 0. The topological polar surface area (TPSA) is 68.2 Å². The van der Waals surface area contributed by atoms with E-state index < -0.39 is 0 Å². The van der Waals surface area contributed by atoms with E-state index in [1.54, 1.807) is 12.3 Å². The van der Waals surface area contributed by atoms with Gasteiger partial charge in [0.1, 0.15) is 23.2 Å². The van der Waals surface area contributed by atoms with Crippen LogP contribution >= 0.6 is 0 Å². The molecule has 0 unspecified atom stereocenters. The molecule has 0 aliphatic heterocycles. The number of nitrogens with zero attached hydrogens (tertiary/aromatic N) is 3. The molecule has 102 valence electrons. The first kappa shape index (κ1) is 13.4. The zero-order valence-electron chi connectivity index (χ0n) is 11.6. The largest absolute Gasteiger partial charge is 0.467 e. The normalized spacial score (nSPS) is 10.9. The highest BCUT2D eigenvalue weighted by Crippen LogP contribution is 2.20. The van der Waals surface area contributed by atoms with Gasteiger partial charge in [-0.2, -0.15) is 0 Å². The van der Waals surface area contributed by atoms with Crippen LogP contribution in [-0.4, -0.2) is 16.5 Å². The molecule has 19 heavy (non-hydrogen) atoms. The van der Waals surface area contributed by atoms with E-state index in [-0.39, 0.29) is 5.92 Å². The molecular weight excluding hydrogens is 240 g/mol. The van der Waals surface area contributed by atoms with E-state index in [4.69, 9.17) is 10.2 Å². The SMILES string of the molecule is CCN(Cc1ccco1)c1cc(N)nc(C(C)C)n1. The number of hydrogen-bond donors (Lipinski definition) is 1. The van der Waals surface area contributed by atoms with Gasteiger partial charge in [-0.25, -0.2) is 9.97 Å². The molecule has 0 saturated carbocycles. The van der Waals surface area contributed by atoms with Crippen molar-refractivity contribution in [3.8, 4) is 0 Å². The molecule has 2 aromatic rings. The molecule has 0 radical (unpaired) electrons. The molecule has 0 fully saturated rings. The van der Waals surface area contributed by atoms with Crippen LogP contribution in [0.3, 0.4) is 0 Å². The summed E-state index contributed by atoms with van der Waals surface area (Å²) < 4.78 is 5.38. The van der Waals surface area contributed by atoms with E-state index in [1.807, 2.05) is 12.1 Å². The monoisotopic (exact) mass is 260 g/mol. The predicted molar refractivity (Wildman–Crippen MR) is 76.0 cm³/mol. The second kappa shape index (κ2) is 5.73. The van der Waals surface area contributed by atoms with E-state index in [9.17, 15) is 0 Å². The number of rotatable bonds is 5. The summed E-state index contributed by atoms with van der Waals surface area (Å²) in [5.41, 5.74) is 5.86. The first-order valence-electron chi connectivity index (χ1n) is 6.52. The fourth-order valence-electron chi connectivity index (χ4n) is 1.84. The van der Waals surface area contributed by atoms with Crippen molar-refractivity contribution in [3.05, 3.63) is 36.0 Å². The van der Waals surface area contributed by atoms with Gasteiger partial charge < -0.3 is 15.1 Å². The Labute approximate surface area is 113 Å². The number of hydrogen-bond acceptors (Lipinski definition) is 5. The van der Waals surface area contributed by atoms with Crippen molar-refractivity contribution in [3.63, 3.8) is 0 Å². The fraction of sp³-hybridized carbons (Fsp3) is 0.429. The van der Waals surface area contributed by atoms with Gasteiger partial charge in [-0.1, -0.05) is 13.8 Å². The zero-order valence-corrected chi connectivity index (χ0v) is 11.6. The van der Waals surface area contributed by atoms with Crippen LogP contribution < -0.4 is 10.6 Å². The summed E-state index contributed by atoms with van der Waals surface area (Å²) in [5.74, 6) is 3.28. The molecule has 0 amide bonds. The summed E-state index contributed by atoms with van der Waals surface area (Å²) in [4.78, 5) is 11.0. The second-order valence-electron chi connectivity index (χ2n) is 4.76. The summed E-state index contributed by atoms with van der Waals surface area (Å²) in [6.07, 6.45) is 1.68. The third kappa shape index (κ3) is 3.24. The summed E-state index contributed by atoms with van der Waals surface area (Å²) in [6, 6.07) is 5.64. The van der Waals surface area contributed by atoms with Gasteiger partial charge in [0.05, 0.1) is 12.8 Å². The van der Waals surface area contributed by atoms with E-state index >= 15 is 0 Å². The minimum absolute atomic E-state index is 0.254. The van der Waals surface area contributed by atoms with E-state index in [0.717, 1.165) is 23.9 Å². The molecule has 0 aliphatic rings. The van der Waals surface area contributed by atoms with Gasteiger partial charge in [-0.3, -0.25) is 0 Å². The quantitative estimate of drug-likeness (QED) is 0.895. The van der Waals surface area contributed by atoms with Crippen LogP contribution in [0.4, 0.5) is 11.6 Å². The van der Waals surface area contributed by atoms with Crippen LogP contribution in [-0.2, 0) is 6.54 Å². The second-order valence-corrected chi connectivity index (χ2v) is 4.76. The molecule has 0 aromatic carbocycles. The maximum Gasteiger partial charge on any atom is 0.135 e. The van der Waals surface area contributed by atoms with Crippen molar-refractivity contribution in [2.75, 3.05) is 17.2 Å². The van der Waals surface area contributed by atoms with Crippen molar-refractivity contribution < 1.29 is 4.42 Å². The van der Waals surface area contributed by atoms with Crippen molar-refractivity contribution in [1.29, 1.82) is 0 Å². The van der Waals surface area contributed by atoms with Crippen LogP contribution in [0.15, 0.2) is 28.9 Å². The lowest BCUT2D eigenvalue weighted by Gasteiger charge is -2.22. The molecule has 0 bridgehead atoms. The van der Waals surface area contributed by atoms with Crippen molar-refractivity contribution in [2.45, 2.75) is 33.2 Å². The lowest BCUT2D eigenvalue weighted by molar-refractivity contribution is 0.502. The van der Waals surface area contributed by atoms with Gasteiger partial charge in [-0.05, 0) is 19.1 Å². The molecule has 5 heteroatoms. The Morgan fingerprint density at radius 2 is 2.16 bits per heavy atom. The molecule has 5 nitrogen and oxygen atoms in total. The maximum atomic E-state index is 5.86. The van der Waals surface area contributed by atoms with Gasteiger partial charge in [-0.15, -0.1) is 0 Å². The van der Waals surface area contributed by atoms with Gasteiger partial charge >= 0.3 is 0 Å². The Morgan fingerprint density at radius 3 is 2.74 bits per heavy atom. The molecule has 2 rings (SSSR count). The molecule has 2 N–H and O–H groups in total. The van der Waals surface area contributed by atoms with Crippen molar-refractivity contribution >= 4 is 11.6 Å². The number of nitrogens with two attached hydrogens (primary N) is 1. The van der Waals surface area contributed by atoms with Crippen LogP contribution in [0.2, 0.25) is 0 Å². The van der Waals surface area contributed by atoms with Gasteiger partial charge in [0, 0.05) is 18.5 Å². The summed E-state index contributed by atoms with van der Waals surface area (Å²) in [5, 5.41) is 0. The highest BCUT2D eigenvalue weighted by atomic mass is 16.3. The van der Waals surface area contributed by atoms with Crippen molar-refractivity contribution in [1.82, 2.24) is 9.97 Å². The van der Waals surface area contributed by atoms with Crippen molar-refractivity contribution in [2.24, 2.45) is 0 Å². The average Bonchev–Trinajstić information content (AvgIpc) is 2.88. The molecule has 0 saturated heterocycles. The highest BCUT2D eigenvalue weighted by Gasteiger charge is 2.12. The number of nitrogen functional groups attached to an aromatic ring is 1. The Morgan fingerprint density at radius 1 is 1.37 bits per heavy atom. The number of aromatic nitrogens is 2. The zero-order chi connectivity index (χ0) is 13.8. The average molecular weight is 260 g/mol. The third-order valence-electron chi connectivity index (χ3n) is 2.90. The third-order valence-corrected chi connectivity index (χ3v) is 2.90. The van der Waals surface area contributed by atoms with Crippen LogP contribution in [0.1, 0.15) is 38.3 Å². The van der Waals surface area contributed by atoms with Gasteiger partial charge in [0.15, 0.2) is 0 Å². The Kier molecular flexibility index (Phi) is 4.04. The molecule has 2 aromatic heterocycles. The van der Waals surface area contributed by atoms with Gasteiger partial charge in [0.2, 0.25) is 0 Å². The minimum atomic E-state index is 0.254. The Balaban J connectivity index is 2.27. The summed E-state index contributed by atoms with van der Waals surface area (Å²) in [6.45, 7) is 7.70. The molecule has 0 aliphatic carbocycles. The van der Waals surface area contributed by atoms with Crippen LogP contribution in [0.25, 0.3) is 0 Å². The standard InChI is InChI=1S/C14H20N4O/c1-4-18(9-11-6-5-7-19-11)13-8-12(15)16-14(17-13)10(2)3/h5-8,10H,4,9H2,1-3H3,(H2,15,16,17). The van der Waals surface area contributed by atoms with Gasteiger partial charge in [0.25, 0.3) is 0 Å². The van der Waals surface area contributed by atoms with E-state index in [1.165, 1.54) is 0 Å². The van der Waals surface area contributed by atoms with Crippen LogP contribution in [0.5, 0.6) is 0 Å². The Hall–Kier alpha value is -2.04. The molecule has 2 heterocycles. The first-order chi connectivity index (χ1) is 9.10. The van der Waals surface area contributed by atoms with E-state index in [0.29, 0.717) is 12.4 Å². The fourth-order valence-corrected chi connectivity index (χ4v) is 1.84. The summed E-state index contributed by atoms with van der Waals surface area (Å²) >= 11 is 0. The lowest BCUT2D eigenvalue weighted by atomic mass is 10.2. The van der Waals surface area contributed by atoms with Crippen LogP contribution in [0, 0.1) is 0 Å². The Bertz CT molecular complexity index is 522. The maximum absolute atomic E-state index is 5.86. The number of furan rings is 1. The minimum Gasteiger partial charge on any atom is -0.467 e. The van der Waals surface area contributed by atoms with E-state index in [2.05, 4.69) is 35.6 Å². The first-order valence-corrected chi connectivity index (χ1v) is 6.52. The lowest BCUT2D eigenvalue weighted by Crippen LogP contribution is -2.24. The smallest absolute Gasteiger partial charge is 0.135 e. The number of anilines is 2. The molecule has 0 spiro atoms. The molecular formula is C14H20N4O. The predicted octanol–water partition coefficient (Wildman–Crippen LogP) is 2.80.